The van der Waals surface area contributed by atoms with Crippen LogP contribution in [0.5, 0.6) is 0 Å². The van der Waals surface area contributed by atoms with E-state index < -0.39 is 0 Å². The molecule has 2 aliphatic rings. The third-order valence-electron chi connectivity index (χ3n) is 3.56. The Morgan fingerprint density at radius 2 is 2.10 bits per heavy atom. The van der Waals surface area contributed by atoms with Gasteiger partial charge in [-0.3, -0.25) is 0 Å². The summed E-state index contributed by atoms with van der Waals surface area (Å²) in [7, 11) is 0. The first-order valence-electron chi connectivity index (χ1n) is 4.54. The molecule has 2 saturated carbocycles. The Bertz CT molecular complexity index is 133. The van der Waals surface area contributed by atoms with Gasteiger partial charge in [-0.25, -0.2) is 0 Å². The zero-order chi connectivity index (χ0) is 7.14. The van der Waals surface area contributed by atoms with Gasteiger partial charge in [0, 0.05) is 6.04 Å². The molecule has 10 heavy (non-hydrogen) atoms. The van der Waals surface area contributed by atoms with Crippen molar-refractivity contribution in [3.05, 3.63) is 0 Å². The van der Waals surface area contributed by atoms with Gasteiger partial charge in [0.25, 0.3) is 0 Å². The Balaban J connectivity index is 2.14. The van der Waals surface area contributed by atoms with Crippen LogP contribution in [-0.2, 0) is 0 Å². The minimum Gasteiger partial charge on any atom is -0.327 e. The molecule has 2 aliphatic carbocycles. The normalized spacial score (nSPS) is 53.4. The van der Waals surface area contributed by atoms with Crippen molar-refractivity contribution >= 4 is 0 Å². The van der Waals surface area contributed by atoms with E-state index in [0.717, 1.165) is 17.8 Å². The van der Waals surface area contributed by atoms with E-state index in [0.29, 0.717) is 6.04 Å². The fourth-order valence-electron chi connectivity index (χ4n) is 2.94. The van der Waals surface area contributed by atoms with E-state index in [-0.39, 0.29) is 0 Å². The summed E-state index contributed by atoms with van der Waals surface area (Å²) in [6.07, 6.45) is 5.65. The first kappa shape index (κ1) is 6.66. The third-order valence-corrected chi connectivity index (χ3v) is 3.56. The summed E-state index contributed by atoms with van der Waals surface area (Å²) in [6, 6.07) is 0.559. The lowest BCUT2D eigenvalue weighted by Gasteiger charge is -2.27. The molecular weight excluding hydrogens is 122 g/mol. The molecule has 0 aromatic rings. The lowest BCUT2D eigenvalue weighted by molar-refractivity contribution is 0.285. The fraction of sp³-hybridized carbons (Fsp3) is 1.00. The van der Waals surface area contributed by atoms with Crippen LogP contribution < -0.4 is 5.73 Å². The van der Waals surface area contributed by atoms with E-state index in [1.165, 1.54) is 25.7 Å². The lowest BCUT2D eigenvalue weighted by Crippen LogP contribution is -2.35. The maximum atomic E-state index is 6.07. The summed E-state index contributed by atoms with van der Waals surface area (Å²) in [6.45, 7) is 2.37. The summed E-state index contributed by atoms with van der Waals surface area (Å²) in [5.41, 5.74) is 6.07. The quantitative estimate of drug-likeness (QED) is 0.544. The Labute approximate surface area is 63.0 Å². The van der Waals surface area contributed by atoms with E-state index >= 15 is 0 Å². The topological polar surface area (TPSA) is 26.0 Å². The van der Waals surface area contributed by atoms with Crippen LogP contribution in [0.3, 0.4) is 0 Å². The second-order valence-electron chi connectivity index (χ2n) is 4.15. The van der Waals surface area contributed by atoms with Gasteiger partial charge in [0.2, 0.25) is 0 Å². The minimum absolute atomic E-state index is 0.559. The largest absolute Gasteiger partial charge is 0.327 e. The molecule has 2 N–H and O–H groups in total. The molecule has 1 nitrogen and oxygen atoms in total. The van der Waals surface area contributed by atoms with Gasteiger partial charge in [-0.15, -0.1) is 0 Å². The third kappa shape index (κ3) is 0.800. The van der Waals surface area contributed by atoms with Crippen LogP contribution in [0, 0.1) is 17.8 Å². The first-order chi connectivity index (χ1) is 4.79. The zero-order valence-corrected chi connectivity index (χ0v) is 6.72. The van der Waals surface area contributed by atoms with Crippen LogP contribution >= 0.6 is 0 Å². The maximum absolute atomic E-state index is 6.07. The summed E-state index contributed by atoms with van der Waals surface area (Å²) in [5, 5.41) is 0. The van der Waals surface area contributed by atoms with E-state index in [2.05, 4.69) is 6.92 Å². The fourth-order valence-corrected chi connectivity index (χ4v) is 2.94. The van der Waals surface area contributed by atoms with Crippen molar-refractivity contribution < 1.29 is 0 Å². The molecule has 2 bridgehead atoms. The molecule has 0 saturated heterocycles. The highest BCUT2D eigenvalue weighted by Crippen LogP contribution is 2.44. The monoisotopic (exact) mass is 139 g/mol. The molecule has 0 spiro atoms. The Kier molecular flexibility index (Phi) is 1.48. The Morgan fingerprint density at radius 3 is 2.70 bits per heavy atom. The number of hydrogen-bond acceptors (Lipinski definition) is 1. The van der Waals surface area contributed by atoms with Gasteiger partial charge in [0.15, 0.2) is 0 Å². The smallest absolute Gasteiger partial charge is 0.00982 e. The second-order valence-corrected chi connectivity index (χ2v) is 4.15. The van der Waals surface area contributed by atoms with E-state index in [4.69, 9.17) is 5.73 Å². The minimum atomic E-state index is 0.559. The molecule has 0 radical (unpaired) electrons. The van der Waals surface area contributed by atoms with E-state index in [9.17, 15) is 0 Å². The van der Waals surface area contributed by atoms with Gasteiger partial charge < -0.3 is 5.73 Å². The lowest BCUT2D eigenvalue weighted by atomic mass is 9.83. The summed E-state index contributed by atoms with van der Waals surface area (Å²) in [4.78, 5) is 0. The van der Waals surface area contributed by atoms with Gasteiger partial charge in [-0.2, -0.15) is 0 Å². The van der Waals surface area contributed by atoms with Crippen molar-refractivity contribution in [2.75, 3.05) is 0 Å². The molecule has 0 aromatic carbocycles. The number of hydrogen-bond donors (Lipinski definition) is 1. The van der Waals surface area contributed by atoms with Crippen LogP contribution in [0.4, 0.5) is 0 Å². The van der Waals surface area contributed by atoms with Crippen LogP contribution in [0.25, 0.3) is 0 Å². The molecule has 58 valence electrons. The Morgan fingerprint density at radius 1 is 1.30 bits per heavy atom. The second kappa shape index (κ2) is 2.23. The number of nitrogens with two attached hydrogens (primary N) is 1. The zero-order valence-electron chi connectivity index (χ0n) is 6.72. The van der Waals surface area contributed by atoms with Crippen LogP contribution in [0.1, 0.15) is 32.6 Å². The van der Waals surface area contributed by atoms with Gasteiger partial charge in [0.05, 0.1) is 0 Å². The van der Waals surface area contributed by atoms with Gasteiger partial charge in [-0.1, -0.05) is 13.3 Å². The molecule has 0 aromatic heterocycles. The summed E-state index contributed by atoms with van der Waals surface area (Å²) < 4.78 is 0. The van der Waals surface area contributed by atoms with Crippen molar-refractivity contribution in [2.45, 2.75) is 38.6 Å². The van der Waals surface area contributed by atoms with Gasteiger partial charge in [-0.05, 0) is 37.0 Å². The number of fused-ring (bicyclic) bond motifs is 2. The highest BCUT2D eigenvalue weighted by molar-refractivity contribution is 4.94. The first-order valence-corrected chi connectivity index (χ1v) is 4.54. The molecule has 2 fully saturated rings. The summed E-state index contributed by atoms with van der Waals surface area (Å²) >= 11 is 0. The molecule has 2 rings (SSSR count). The predicted octanol–water partition coefficient (Wildman–Crippen LogP) is 1.77. The van der Waals surface area contributed by atoms with Crippen molar-refractivity contribution in [1.82, 2.24) is 0 Å². The maximum Gasteiger partial charge on any atom is 0.00982 e. The summed E-state index contributed by atoms with van der Waals surface area (Å²) in [5.74, 6) is 2.68. The van der Waals surface area contributed by atoms with E-state index in [1.807, 2.05) is 0 Å². The molecule has 0 heterocycles. The van der Waals surface area contributed by atoms with Gasteiger partial charge >= 0.3 is 0 Å². The van der Waals surface area contributed by atoms with Crippen LogP contribution in [0.15, 0.2) is 0 Å². The standard InChI is InChI=1S/C9H17N/c1-6-5-7-3-2-4-8(6)9(7)10/h6-9H,2-5,10H2,1H3/t6-,7+,8-,9+/m0/s1. The van der Waals surface area contributed by atoms with Crippen molar-refractivity contribution in [3.8, 4) is 0 Å². The molecule has 0 unspecified atom stereocenters. The molecule has 4 atom stereocenters. The Hall–Kier alpha value is -0.0400. The van der Waals surface area contributed by atoms with Crippen LogP contribution in [-0.4, -0.2) is 6.04 Å². The molecule has 1 heteroatoms. The molecular formula is C9H17N. The van der Waals surface area contributed by atoms with Crippen molar-refractivity contribution in [2.24, 2.45) is 23.5 Å². The van der Waals surface area contributed by atoms with Gasteiger partial charge in [0.1, 0.15) is 0 Å². The van der Waals surface area contributed by atoms with Crippen molar-refractivity contribution in [1.29, 1.82) is 0 Å². The average molecular weight is 139 g/mol. The van der Waals surface area contributed by atoms with Crippen molar-refractivity contribution in [3.63, 3.8) is 0 Å². The van der Waals surface area contributed by atoms with E-state index in [1.54, 1.807) is 0 Å². The molecule has 0 amide bonds. The highest BCUT2D eigenvalue weighted by Gasteiger charge is 2.40. The molecule has 0 aliphatic heterocycles. The SMILES string of the molecule is C[C@H]1C[C@H]2CCC[C@@H]1[C@@H]2N. The number of rotatable bonds is 0. The highest BCUT2D eigenvalue weighted by atomic mass is 14.7. The average Bonchev–Trinajstić information content (AvgIpc) is 2.16. The predicted molar refractivity (Wildman–Crippen MR) is 42.6 cm³/mol. The van der Waals surface area contributed by atoms with Crippen LogP contribution in [0.2, 0.25) is 0 Å².